The van der Waals surface area contributed by atoms with Crippen LogP contribution in [0.25, 0.3) is 0 Å². The van der Waals surface area contributed by atoms with Crippen molar-refractivity contribution in [2.75, 3.05) is 6.54 Å². The minimum atomic E-state index is 0.533. The lowest BCUT2D eigenvalue weighted by atomic mass is 10.2. The van der Waals surface area contributed by atoms with Gasteiger partial charge in [-0.15, -0.1) is 5.10 Å². The van der Waals surface area contributed by atoms with Crippen LogP contribution in [-0.4, -0.2) is 31.9 Å². The van der Waals surface area contributed by atoms with E-state index in [0.717, 1.165) is 29.9 Å². The van der Waals surface area contributed by atoms with Crippen LogP contribution < -0.4 is 5.73 Å². The maximum absolute atomic E-state index is 5.43. The van der Waals surface area contributed by atoms with Crippen molar-refractivity contribution in [2.45, 2.75) is 26.3 Å². The Balaban J connectivity index is 2.00. The van der Waals surface area contributed by atoms with E-state index in [4.69, 9.17) is 5.73 Å². The fraction of sp³-hybridized carbons (Fsp3) is 0.556. The van der Waals surface area contributed by atoms with Gasteiger partial charge in [0.15, 0.2) is 0 Å². The van der Waals surface area contributed by atoms with Crippen LogP contribution in [0, 0.1) is 6.92 Å². The summed E-state index contributed by atoms with van der Waals surface area (Å²) in [6.45, 7) is 3.04. The van der Waals surface area contributed by atoms with Gasteiger partial charge in [0.25, 0.3) is 0 Å². The summed E-state index contributed by atoms with van der Waals surface area (Å²) in [6.07, 6.45) is 3.67. The van der Waals surface area contributed by atoms with Gasteiger partial charge in [0, 0.05) is 6.20 Å². The second-order valence-electron chi connectivity index (χ2n) is 3.60. The number of hydrogen-bond acceptors (Lipinski definition) is 6. The highest BCUT2D eigenvalue weighted by Crippen LogP contribution is 2.04. The van der Waals surface area contributed by atoms with Crippen LogP contribution in [0.5, 0.6) is 0 Å². The molecule has 0 aliphatic carbocycles. The number of rotatable bonds is 5. The Morgan fingerprint density at radius 2 is 2.31 bits per heavy atom. The van der Waals surface area contributed by atoms with Crippen LogP contribution in [0.15, 0.2) is 10.8 Å². The number of hydrogen-bond donors (Lipinski definition) is 1. The molecule has 0 unspecified atom stereocenters. The average Bonchev–Trinajstić information content (AvgIpc) is 2.87. The van der Waals surface area contributed by atoms with Crippen LogP contribution in [-0.2, 0) is 13.0 Å². The summed E-state index contributed by atoms with van der Waals surface area (Å²) in [6, 6.07) is 0. The summed E-state index contributed by atoms with van der Waals surface area (Å²) in [5.74, 6) is 0. The topological polar surface area (TPSA) is 95.7 Å². The van der Waals surface area contributed by atoms with Crippen LogP contribution >= 0.6 is 0 Å². The standard InChI is InChI=1S/C9H14N6O/c1-7-9(13-16-12-7)6-15-5-8(11-14-15)3-2-4-10/h5H,2-4,6,10H2,1H3. The third-order valence-corrected chi connectivity index (χ3v) is 2.28. The minimum absolute atomic E-state index is 0.533. The molecule has 0 saturated heterocycles. The maximum Gasteiger partial charge on any atom is 0.129 e. The number of nitrogens with two attached hydrogens (primary N) is 1. The molecule has 7 heteroatoms. The lowest BCUT2D eigenvalue weighted by Gasteiger charge is -1.94. The molecule has 0 spiro atoms. The zero-order valence-corrected chi connectivity index (χ0v) is 9.13. The van der Waals surface area contributed by atoms with Crippen LogP contribution in [0.1, 0.15) is 23.5 Å². The van der Waals surface area contributed by atoms with Gasteiger partial charge < -0.3 is 5.73 Å². The quantitative estimate of drug-likeness (QED) is 0.759. The molecule has 0 aromatic carbocycles. The Morgan fingerprint density at radius 3 is 3.00 bits per heavy atom. The van der Waals surface area contributed by atoms with E-state index in [0.29, 0.717) is 13.1 Å². The van der Waals surface area contributed by atoms with Crippen LogP contribution in [0.3, 0.4) is 0 Å². The smallest absolute Gasteiger partial charge is 0.129 e. The van der Waals surface area contributed by atoms with E-state index >= 15 is 0 Å². The van der Waals surface area contributed by atoms with Gasteiger partial charge in [-0.25, -0.2) is 9.31 Å². The molecule has 16 heavy (non-hydrogen) atoms. The van der Waals surface area contributed by atoms with E-state index in [1.54, 1.807) is 4.68 Å². The van der Waals surface area contributed by atoms with Gasteiger partial charge in [-0.2, -0.15) is 0 Å². The summed E-state index contributed by atoms with van der Waals surface area (Å²) in [5.41, 5.74) is 7.92. The van der Waals surface area contributed by atoms with Gasteiger partial charge in [-0.05, 0) is 26.3 Å². The molecule has 0 bridgehead atoms. The Hall–Kier alpha value is -1.76. The predicted octanol–water partition coefficient (Wildman–Crippen LogP) is -0.0909. The van der Waals surface area contributed by atoms with Crippen molar-refractivity contribution in [2.24, 2.45) is 5.73 Å². The first-order valence-corrected chi connectivity index (χ1v) is 5.16. The highest BCUT2D eigenvalue weighted by molar-refractivity contribution is 5.05. The zero-order valence-electron chi connectivity index (χ0n) is 9.13. The lowest BCUT2D eigenvalue weighted by Crippen LogP contribution is -2.02. The molecule has 2 heterocycles. The molecule has 2 aromatic rings. The summed E-state index contributed by atoms with van der Waals surface area (Å²) in [7, 11) is 0. The predicted molar refractivity (Wildman–Crippen MR) is 55.5 cm³/mol. The molecule has 0 atom stereocenters. The Labute approximate surface area is 92.6 Å². The van der Waals surface area contributed by atoms with Crippen molar-refractivity contribution in [3.8, 4) is 0 Å². The second-order valence-corrected chi connectivity index (χ2v) is 3.60. The molecule has 7 nitrogen and oxygen atoms in total. The molecule has 0 aliphatic heterocycles. The second kappa shape index (κ2) is 4.84. The van der Waals surface area contributed by atoms with E-state index in [9.17, 15) is 0 Å². The Morgan fingerprint density at radius 1 is 1.44 bits per heavy atom. The lowest BCUT2D eigenvalue weighted by molar-refractivity contribution is 0.300. The number of aromatic nitrogens is 5. The molecule has 0 aliphatic rings. The Bertz CT molecular complexity index is 448. The van der Waals surface area contributed by atoms with Crippen molar-refractivity contribution in [3.05, 3.63) is 23.3 Å². The fourth-order valence-electron chi connectivity index (χ4n) is 1.36. The van der Waals surface area contributed by atoms with Gasteiger partial charge in [0.05, 0.1) is 12.2 Å². The maximum atomic E-state index is 5.43. The summed E-state index contributed by atoms with van der Waals surface area (Å²) in [4.78, 5) is 0. The van der Waals surface area contributed by atoms with Gasteiger partial charge in [0.1, 0.15) is 11.4 Å². The molecule has 0 radical (unpaired) electrons. The van der Waals surface area contributed by atoms with E-state index < -0.39 is 0 Å². The molecule has 86 valence electrons. The molecular formula is C9H14N6O. The summed E-state index contributed by atoms with van der Waals surface area (Å²) in [5, 5.41) is 15.5. The van der Waals surface area contributed by atoms with Crippen LogP contribution in [0.2, 0.25) is 0 Å². The van der Waals surface area contributed by atoms with Crippen molar-refractivity contribution in [1.82, 2.24) is 25.3 Å². The first-order chi connectivity index (χ1) is 7.79. The molecule has 2 aromatic heterocycles. The molecule has 2 N–H and O–H groups in total. The summed E-state index contributed by atoms with van der Waals surface area (Å²) < 4.78 is 6.33. The fourth-order valence-corrected chi connectivity index (χ4v) is 1.36. The van der Waals surface area contributed by atoms with E-state index in [1.807, 2.05) is 13.1 Å². The molecule has 2 rings (SSSR count). The zero-order chi connectivity index (χ0) is 11.4. The monoisotopic (exact) mass is 222 g/mol. The molecule has 0 saturated carbocycles. The third kappa shape index (κ3) is 2.43. The number of aryl methyl sites for hydroxylation is 2. The van der Waals surface area contributed by atoms with Crippen molar-refractivity contribution >= 4 is 0 Å². The number of nitrogens with zero attached hydrogens (tertiary/aromatic N) is 5. The molecular weight excluding hydrogens is 208 g/mol. The largest absolute Gasteiger partial charge is 0.330 e. The SMILES string of the molecule is Cc1nonc1Cn1cc(CCCN)nn1. The van der Waals surface area contributed by atoms with Gasteiger partial charge in [-0.3, -0.25) is 0 Å². The molecule has 0 amide bonds. The highest BCUT2D eigenvalue weighted by Gasteiger charge is 2.07. The van der Waals surface area contributed by atoms with Gasteiger partial charge >= 0.3 is 0 Å². The van der Waals surface area contributed by atoms with Gasteiger partial charge in [-0.1, -0.05) is 15.5 Å². The van der Waals surface area contributed by atoms with Crippen LogP contribution in [0.4, 0.5) is 0 Å². The van der Waals surface area contributed by atoms with Crippen molar-refractivity contribution < 1.29 is 4.63 Å². The first kappa shape index (κ1) is 10.7. The highest BCUT2D eigenvalue weighted by atomic mass is 16.6. The normalized spacial score (nSPS) is 10.9. The Kier molecular flexibility index (Phi) is 3.25. The minimum Gasteiger partial charge on any atom is -0.330 e. The first-order valence-electron chi connectivity index (χ1n) is 5.16. The van der Waals surface area contributed by atoms with Gasteiger partial charge in [0.2, 0.25) is 0 Å². The van der Waals surface area contributed by atoms with Crippen molar-refractivity contribution in [3.63, 3.8) is 0 Å². The molecule has 0 fully saturated rings. The van der Waals surface area contributed by atoms with E-state index in [2.05, 4.69) is 25.3 Å². The van der Waals surface area contributed by atoms with Crippen molar-refractivity contribution in [1.29, 1.82) is 0 Å². The van der Waals surface area contributed by atoms with E-state index in [1.165, 1.54) is 0 Å². The summed E-state index contributed by atoms with van der Waals surface area (Å²) >= 11 is 0. The van der Waals surface area contributed by atoms with E-state index in [-0.39, 0.29) is 0 Å². The average molecular weight is 222 g/mol. The third-order valence-electron chi connectivity index (χ3n) is 2.28.